The van der Waals surface area contributed by atoms with Gasteiger partial charge in [-0.1, -0.05) is 17.7 Å². The monoisotopic (exact) mass is 508 g/mol. The van der Waals surface area contributed by atoms with Gasteiger partial charge in [-0.2, -0.15) is 8.78 Å². The Morgan fingerprint density at radius 3 is 2.66 bits per heavy atom. The van der Waals surface area contributed by atoms with Crippen molar-refractivity contribution in [3.63, 3.8) is 0 Å². The van der Waals surface area contributed by atoms with Crippen LogP contribution in [0.25, 0.3) is 6.08 Å². The van der Waals surface area contributed by atoms with Crippen LogP contribution in [-0.4, -0.2) is 54.8 Å². The maximum Gasteiger partial charge on any atom is 0.380 e. The molecule has 2 N–H and O–H groups in total. The highest BCUT2D eigenvalue weighted by Crippen LogP contribution is 2.37. The summed E-state index contributed by atoms with van der Waals surface area (Å²) >= 11 is 6.02. The van der Waals surface area contributed by atoms with E-state index in [1.54, 1.807) is 24.3 Å². The second kappa shape index (κ2) is 9.79. The number of hydrogen-bond donors (Lipinski definition) is 2. The minimum Gasteiger partial charge on any atom is -0.486 e. The molecule has 2 atom stereocenters. The van der Waals surface area contributed by atoms with Crippen molar-refractivity contribution >= 4 is 23.6 Å². The molecule has 35 heavy (non-hydrogen) atoms. The molecule has 1 saturated heterocycles. The Morgan fingerprint density at radius 2 is 1.89 bits per heavy atom. The third-order valence-electron chi connectivity index (χ3n) is 6.60. The molecule has 1 aromatic heterocycles. The van der Waals surface area contributed by atoms with Crippen molar-refractivity contribution in [3.8, 4) is 11.5 Å². The number of amides is 1. The molecule has 0 radical (unpaired) electrons. The molecule has 1 aliphatic carbocycles. The Morgan fingerprint density at radius 1 is 1.14 bits per heavy atom. The molecule has 1 amide bonds. The number of hydrogen-bond acceptors (Lipinski definition) is 6. The molecule has 10 heteroatoms. The average Bonchev–Trinajstić information content (AvgIpc) is 3.52. The van der Waals surface area contributed by atoms with Gasteiger partial charge >= 0.3 is 5.92 Å². The number of aliphatic hydroxyl groups is 1. The minimum absolute atomic E-state index is 0.227. The van der Waals surface area contributed by atoms with Crippen LogP contribution in [0, 0.1) is 0 Å². The molecule has 0 saturated carbocycles. The first-order valence-electron chi connectivity index (χ1n) is 11.8. The molecule has 188 valence electrons. The summed E-state index contributed by atoms with van der Waals surface area (Å²) in [6, 6.07) is 5.12. The number of carbonyl (C=O) groups excluding carboxylic acids is 1. The van der Waals surface area contributed by atoms with E-state index in [-0.39, 0.29) is 6.54 Å². The van der Waals surface area contributed by atoms with Crippen LogP contribution >= 0.6 is 11.6 Å². The summed E-state index contributed by atoms with van der Waals surface area (Å²) in [6.07, 6.45) is 3.18. The summed E-state index contributed by atoms with van der Waals surface area (Å²) in [5, 5.41) is 14.1. The van der Waals surface area contributed by atoms with Crippen LogP contribution in [0.4, 0.5) is 8.78 Å². The minimum atomic E-state index is -3.92. The van der Waals surface area contributed by atoms with Crippen molar-refractivity contribution in [1.29, 1.82) is 0 Å². The lowest BCUT2D eigenvalue weighted by Gasteiger charge is -2.30. The Bertz CT molecular complexity index is 1130. The summed E-state index contributed by atoms with van der Waals surface area (Å²) in [7, 11) is 0. The van der Waals surface area contributed by atoms with E-state index in [4.69, 9.17) is 25.5 Å². The maximum atomic E-state index is 15.2. The van der Waals surface area contributed by atoms with Gasteiger partial charge in [0, 0.05) is 23.6 Å². The number of furan rings is 1. The van der Waals surface area contributed by atoms with Crippen LogP contribution in [0.3, 0.4) is 0 Å². The summed E-state index contributed by atoms with van der Waals surface area (Å²) < 4.78 is 46.9. The number of ether oxygens (including phenoxy) is 2. The summed E-state index contributed by atoms with van der Waals surface area (Å²) in [6.45, 7) is 2.57. The van der Waals surface area contributed by atoms with Crippen LogP contribution in [0.15, 0.2) is 33.7 Å². The largest absolute Gasteiger partial charge is 0.486 e. The Balaban J connectivity index is 1.37. The van der Waals surface area contributed by atoms with E-state index < -0.39 is 29.7 Å². The van der Waals surface area contributed by atoms with E-state index in [1.807, 2.05) is 4.90 Å². The van der Waals surface area contributed by atoms with Crippen LogP contribution in [0.1, 0.15) is 48.0 Å². The van der Waals surface area contributed by atoms with Crippen molar-refractivity contribution in [2.75, 3.05) is 32.8 Å². The molecule has 1 aromatic carbocycles. The molecular formula is C25H27ClF2N2O5. The second-order valence-electron chi connectivity index (χ2n) is 9.09. The fraction of sp³-hybridized carbons (Fsp3) is 0.480. The van der Waals surface area contributed by atoms with Gasteiger partial charge < -0.3 is 29.2 Å². The second-order valence-corrected chi connectivity index (χ2v) is 9.58. The number of aryl methyl sites for hydroxylation is 1. The van der Waals surface area contributed by atoms with Crippen LogP contribution in [0.2, 0.25) is 0 Å². The van der Waals surface area contributed by atoms with Crippen LogP contribution < -0.4 is 14.8 Å². The third kappa shape index (κ3) is 5.03. The zero-order valence-electron chi connectivity index (χ0n) is 19.1. The number of rotatable bonds is 7. The number of likely N-dealkylation sites (tertiary alicyclic amines) is 1. The van der Waals surface area contributed by atoms with Gasteiger partial charge in [0.15, 0.2) is 17.3 Å². The van der Waals surface area contributed by atoms with E-state index in [0.29, 0.717) is 59.5 Å². The first kappa shape index (κ1) is 24.1. The van der Waals surface area contributed by atoms with Gasteiger partial charge in [-0.15, -0.1) is 0 Å². The quantitative estimate of drug-likeness (QED) is 0.588. The molecule has 3 heterocycles. The molecule has 0 unspecified atom stereocenters. The van der Waals surface area contributed by atoms with Crippen LogP contribution in [0.5, 0.6) is 11.5 Å². The Hall–Kier alpha value is -2.62. The molecule has 7 nitrogen and oxygen atoms in total. The fourth-order valence-electron chi connectivity index (χ4n) is 4.70. The molecule has 2 aromatic rings. The van der Waals surface area contributed by atoms with Crippen molar-refractivity contribution in [3.05, 3.63) is 51.9 Å². The molecule has 3 aliphatic rings. The van der Waals surface area contributed by atoms with Gasteiger partial charge in [-0.3, -0.25) is 4.79 Å². The summed E-state index contributed by atoms with van der Waals surface area (Å²) in [5.74, 6) is -4.79. The predicted octanol–water partition coefficient (Wildman–Crippen LogP) is 3.98. The number of carbonyl (C=O) groups is 1. The standard InChI is InChI=1S/C25H27ClF2N2O5/c26-17-4-6-19-16(11-17)13-22(35-19)25(27,28)24(32)29-18(14-30-7-1-2-8-30)23(31)15-3-5-20-21(12-15)34-10-9-33-20/h3,5,11-13,18,23,31H,1-2,4,6-10,14H2,(H,29,32)/t18-,23-/m1/s1. The zero-order chi connectivity index (χ0) is 24.6. The number of halogens is 3. The average molecular weight is 509 g/mol. The highest BCUT2D eigenvalue weighted by atomic mass is 35.5. The van der Waals surface area contributed by atoms with Gasteiger partial charge in [0.1, 0.15) is 25.1 Å². The van der Waals surface area contributed by atoms with E-state index in [0.717, 1.165) is 32.0 Å². The van der Waals surface area contributed by atoms with Gasteiger partial charge in [0.05, 0.1) is 6.04 Å². The van der Waals surface area contributed by atoms with Gasteiger partial charge in [-0.25, -0.2) is 0 Å². The Labute approximate surface area is 206 Å². The van der Waals surface area contributed by atoms with Crippen LogP contribution in [-0.2, 0) is 17.1 Å². The highest BCUT2D eigenvalue weighted by molar-refractivity contribution is 6.31. The van der Waals surface area contributed by atoms with Crippen molar-refractivity contribution < 1.29 is 32.6 Å². The number of allylic oxidation sites excluding steroid dienone is 1. The van der Waals surface area contributed by atoms with Crippen molar-refractivity contribution in [2.45, 2.75) is 43.8 Å². The maximum absolute atomic E-state index is 15.2. The normalized spacial score (nSPS) is 19.6. The van der Waals surface area contributed by atoms with E-state index >= 15 is 8.78 Å². The Kier molecular flexibility index (Phi) is 6.74. The first-order chi connectivity index (χ1) is 16.8. The SMILES string of the molecule is O=C(N[C@H](CN1CCCC1)[C@H](O)c1ccc2c(c1)OCCO2)C(F)(F)c1cc2c(o1)CCC(Cl)=C2. The molecule has 0 bridgehead atoms. The van der Waals surface area contributed by atoms with E-state index in [1.165, 1.54) is 0 Å². The van der Waals surface area contributed by atoms with Gasteiger partial charge in [-0.05, 0) is 62.2 Å². The number of benzene rings is 1. The molecule has 0 spiro atoms. The fourth-order valence-corrected chi connectivity index (χ4v) is 4.92. The highest BCUT2D eigenvalue weighted by Gasteiger charge is 2.46. The molecule has 1 fully saturated rings. The molecular weight excluding hydrogens is 482 g/mol. The smallest absolute Gasteiger partial charge is 0.380 e. The lowest BCUT2D eigenvalue weighted by Crippen LogP contribution is -2.50. The number of fused-ring (bicyclic) bond motifs is 2. The zero-order valence-corrected chi connectivity index (χ0v) is 19.8. The van der Waals surface area contributed by atoms with Crippen molar-refractivity contribution in [1.82, 2.24) is 10.2 Å². The van der Waals surface area contributed by atoms with E-state index in [9.17, 15) is 9.90 Å². The molecule has 5 rings (SSSR count). The molecule has 2 aliphatic heterocycles. The lowest BCUT2D eigenvalue weighted by atomic mass is 10.00. The lowest BCUT2D eigenvalue weighted by molar-refractivity contribution is -0.151. The summed E-state index contributed by atoms with van der Waals surface area (Å²) in [5.41, 5.74) is 0.893. The number of alkyl halides is 2. The number of nitrogens with zero attached hydrogens (tertiary/aromatic N) is 1. The number of nitrogens with one attached hydrogen (secondary N) is 1. The topological polar surface area (TPSA) is 84.2 Å². The van der Waals surface area contributed by atoms with Gasteiger partial charge in [0.25, 0.3) is 5.91 Å². The predicted molar refractivity (Wildman–Crippen MR) is 125 cm³/mol. The summed E-state index contributed by atoms with van der Waals surface area (Å²) in [4.78, 5) is 14.9. The van der Waals surface area contributed by atoms with Gasteiger partial charge in [0.2, 0.25) is 0 Å². The number of aliphatic hydroxyl groups excluding tert-OH is 1. The van der Waals surface area contributed by atoms with E-state index in [2.05, 4.69) is 5.32 Å². The first-order valence-corrected chi connectivity index (χ1v) is 12.2. The van der Waals surface area contributed by atoms with Crippen molar-refractivity contribution in [2.24, 2.45) is 0 Å². The third-order valence-corrected chi connectivity index (χ3v) is 6.90.